The molecule has 3 unspecified atom stereocenters. The summed E-state index contributed by atoms with van der Waals surface area (Å²) in [6, 6.07) is 0. The van der Waals surface area contributed by atoms with Gasteiger partial charge in [-0.25, -0.2) is 0 Å². The summed E-state index contributed by atoms with van der Waals surface area (Å²) in [6.07, 6.45) is 18.0. The first-order valence-electron chi connectivity index (χ1n) is 11.7. The number of aliphatic hydroxyl groups is 3. The van der Waals surface area contributed by atoms with Crippen LogP contribution in [0.5, 0.6) is 0 Å². The predicted molar refractivity (Wildman–Crippen MR) is 117 cm³/mol. The van der Waals surface area contributed by atoms with Crippen molar-refractivity contribution in [3.05, 3.63) is 47.6 Å². The van der Waals surface area contributed by atoms with E-state index in [2.05, 4.69) is 31.7 Å². The van der Waals surface area contributed by atoms with Crippen LogP contribution in [0.15, 0.2) is 47.6 Å². The highest BCUT2D eigenvalue weighted by Gasteiger charge is 2.48. The van der Waals surface area contributed by atoms with Gasteiger partial charge in [0.2, 0.25) is 0 Å². The second kappa shape index (κ2) is 8.53. The Hall–Kier alpha value is -1.16. The first-order valence-corrected chi connectivity index (χ1v) is 11.7. The first-order chi connectivity index (χ1) is 13.9. The molecule has 0 radical (unpaired) electrons. The molecule has 3 N–H and O–H groups in total. The second-order valence-electron chi connectivity index (χ2n) is 10.2. The Bertz CT molecular complexity index is 713. The van der Waals surface area contributed by atoms with E-state index in [-0.39, 0.29) is 6.10 Å². The molecule has 29 heavy (non-hydrogen) atoms. The molecule has 0 heterocycles. The minimum Gasteiger partial charge on any atom is -0.393 e. The molecule has 0 aromatic rings. The van der Waals surface area contributed by atoms with Crippen LogP contribution in [0.3, 0.4) is 0 Å². The maximum atomic E-state index is 10.1. The van der Waals surface area contributed by atoms with Crippen LogP contribution in [0.1, 0.15) is 71.1 Å². The molecule has 6 atom stereocenters. The highest BCUT2D eigenvalue weighted by Crippen LogP contribution is 2.58. The monoisotopic (exact) mass is 398 g/mol. The lowest BCUT2D eigenvalue weighted by molar-refractivity contribution is 0.0862. The fourth-order valence-corrected chi connectivity index (χ4v) is 6.18. The van der Waals surface area contributed by atoms with E-state index in [4.69, 9.17) is 0 Å². The normalized spacial score (nSPS) is 42.0. The number of rotatable bonds is 5. The van der Waals surface area contributed by atoms with Crippen molar-refractivity contribution < 1.29 is 15.3 Å². The van der Waals surface area contributed by atoms with Crippen molar-refractivity contribution in [1.82, 2.24) is 0 Å². The zero-order chi connectivity index (χ0) is 20.6. The van der Waals surface area contributed by atoms with Crippen molar-refractivity contribution >= 4 is 0 Å². The first kappa shape index (κ1) is 21.1. The lowest BCUT2D eigenvalue weighted by atomic mass is 9.63. The van der Waals surface area contributed by atoms with Gasteiger partial charge in [0, 0.05) is 6.42 Å². The summed E-state index contributed by atoms with van der Waals surface area (Å²) in [5.74, 6) is 1.84. The molecule has 4 saturated carbocycles. The SMILES string of the molecule is C=C1/C(=C\C=C2/CCC[C@]3(C)C(C/C=C/[C@@H](O)C4CC4)CCC23)CC(O)C[C@@H]1O. The van der Waals surface area contributed by atoms with E-state index in [1.165, 1.54) is 44.1 Å². The zero-order valence-electron chi connectivity index (χ0n) is 17.9. The number of aliphatic hydroxyl groups excluding tert-OH is 3. The van der Waals surface area contributed by atoms with Crippen molar-refractivity contribution in [2.75, 3.05) is 0 Å². The van der Waals surface area contributed by atoms with Crippen LogP contribution >= 0.6 is 0 Å². The summed E-state index contributed by atoms with van der Waals surface area (Å²) in [4.78, 5) is 0. The lowest BCUT2D eigenvalue weighted by Crippen LogP contribution is -2.33. The quantitative estimate of drug-likeness (QED) is 0.581. The van der Waals surface area contributed by atoms with E-state index in [0.29, 0.717) is 36.0 Å². The summed E-state index contributed by atoms with van der Waals surface area (Å²) in [5, 5.41) is 30.2. The smallest absolute Gasteiger partial charge is 0.0811 e. The molecule has 4 fully saturated rings. The third-order valence-electron chi connectivity index (χ3n) is 8.28. The Morgan fingerprint density at radius 1 is 1.17 bits per heavy atom. The molecule has 4 aliphatic rings. The van der Waals surface area contributed by atoms with E-state index < -0.39 is 12.2 Å². The van der Waals surface area contributed by atoms with Crippen LogP contribution in [0.4, 0.5) is 0 Å². The van der Waals surface area contributed by atoms with Gasteiger partial charge in [-0.2, -0.15) is 0 Å². The van der Waals surface area contributed by atoms with Gasteiger partial charge in [0.15, 0.2) is 0 Å². The zero-order valence-corrected chi connectivity index (χ0v) is 17.9. The molecule has 0 aromatic carbocycles. The van der Waals surface area contributed by atoms with Gasteiger partial charge in [-0.3, -0.25) is 0 Å². The van der Waals surface area contributed by atoms with Gasteiger partial charge in [0.1, 0.15) is 0 Å². The van der Waals surface area contributed by atoms with E-state index in [0.717, 1.165) is 24.0 Å². The van der Waals surface area contributed by atoms with Gasteiger partial charge in [-0.1, -0.05) is 43.4 Å². The number of hydrogen-bond donors (Lipinski definition) is 3. The molecule has 160 valence electrons. The fourth-order valence-electron chi connectivity index (χ4n) is 6.18. The maximum Gasteiger partial charge on any atom is 0.0811 e. The molecule has 0 spiro atoms. The molecular weight excluding hydrogens is 360 g/mol. The van der Waals surface area contributed by atoms with Gasteiger partial charge in [0.25, 0.3) is 0 Å². The predicted octanol–water partition coefficient (Wildman–Crippen LogP) is 4.84. The number of hydrogen-bond acceptors (Lipinski definition) is 3. The number of fused-ring (bicyclic) bond motifs is 1. The van der Waals surface area contributed by atoms with Crippen molar-refractivity contribution in [2.24, 2.45) is 23.2 Å². The van der Waals surface area contributed by atoms with Gasteiger partial charge in [-0.15, -0.1) is 0 Å². The summed E-state index contributed by atoms with van der Waals surface area (Å²) in [6.45, 7) is 6.52. The summed E-state index contributed by atoms with van der Waals surface area (Å²) in [5.41, 5.74) is 3.66. The van der Waals surface area contributed by atoms with Crippen LogP contribution in [0.25, 0.3) is 0 Å². The molecule has 0 aliphatic heterocycles. The molecule has 4 rings (SSSR count). The average Bonchev–Trinajstić information content (AvgIpc) is 3.47. The van der Waals surface area contributed by atoms with Crippen molar-refractivity contribution in [1.29, 1.82) is 0 Å². The highest BCUT2D eigenvalue weighted by molar-refractivity contribution is 5.38. The van der Waals surface area contributed by atoms with E-state index in [1.807, 2.05) is 6.08 Å². The van der Waals surface area contributed by atoms with Gasteiger partial charge in [-0.05, 0) is 92.1 Å². The van der Waals surface area contributed by atoms with Crippen LogP contribution in [-0.2, 0) is 0 Å². The third-order valence-corrected chi connectivity index (χ3v) is 8.28. The Labute approximate surface area is 175 Å². The van der Waals surface area contributed by atoms with Crippen LogP contribution in [-0.4, -0.2) is 33.6 Å². The van der Waals surface area contributed by atoms with Crippen molar-refractivity contribution in [3.63, 3.8) is 0 Å². The molecule has 4 aliphatic carbocycles. The van der Waals surface area contributed by atoms with Crippen molar-refractivity contribution in [2.45, 2.75) is 89.4 Å². The topological polar surface area (TPSA) is 60.7 Å². The summed E-state index contributed by atoms with van der Waals surface area (Å²) in [7, 11) is 0. The summed E-state index contributed by atoms with van der Waals surface area (Å²) >= 11 is 0. The Morgan fingerprint density at radius 2 is 1.97 bits per heavy atom. The molecule has 3 nitrogen and oxygen atoms in total. The standard InChI is InChI=1S/C26H38O3/c1-17-20(15-22(27)16-25(17)29)11-8-18-5-4-14-26(2)21(12-13-23(18)26)6-3-7-24(28)19-9-10-19/h3,7-8,11,19,21-25,27-29H,1,4-6,9-10,12-16H2,2H3/b7-3+,18-8+,20-11-/t21?,22?,23?,24-,25+,26-/m1/s1. The third kappa shape index (κ3) is 4.47. The minimum absolute atomic E-state index is 0.234. The van der Waals surface area contributed by atoms with Crippen molar-refractivity contribution in [3.8, 4) is 0 Å². The second-order valence-corrected chi connectivity index (χ2v) is 10.2. The largest absolute Gasteiger partial charge is 0.393 e. The summed E-state index contributed by atoms with van der Waals surface area (Å²) < 4.78 is 0. The lowest BCUT2D eigenvalue weighted by Gasteiger charge is -2.42. The average molecular weight is 399 g/mol. The van der Waals surface area contributed by atoms with Gasteiger partial charge in [0.05, 0.1) is 18.3 Å². The Morgan fingerprint density at radius 3 is 2.72 bits per heavy atom. The van der Waals surface area contributed by atoms with E-state index >= 15 is 0 Å². The Kier molecular flexibility index (Phi) is 6.20. The maximum absolute atomic E-state index is 10.1. The molecule has 3 heteroatoms. The fraction of sp³-hybridized carbons (Fsp3) is 0.692. The van der Waals surface area contributed by atoms with Gasteiger partial charge >= 0.3 is 0 Å². The van der Waals surface area contributed by atoms with Crippen LogP contribution in [0, 0.1) is 23.2 Å². The Balaban J connectivity index is 1.45. The van der Waals surface area contributed by atoms with E-state index in [1.54, 1.807) is 0 Å². The van der Waals surface area contributed by atoms with Crippen LogP contribution < -0.4 is 0 Å². The van der Waals surface area contributed by atoms with Gasteiger partial charge < -0.3 is 15.3 Å². The number of allylic oxidation sites excluding steroid dienone is 4. The molecule has 0 amide bonds. The minimum atomic E-state index is -0.617. The molecular formula is C26H38O3. The highest BCUT2D eigenvalue weighted by atomic mass is 16.3. The molecule has 0 aromatic heterocycles. The molecule has 0 bridgehead atoms. The van der Waals surface area contributed by atoms with E-state index in [9.17, 15) is 15.3 Å². The molecule has 0 saturated heterocycles. The van der Waals surface area contributed by atoms with Crippen LogP contribution in [0.2, 0.25) is 0 Å².